The van der Waals surface area contributed by atoms with Gasteiger partial charge in [-0.1, -0.05) is 53.7 Å². The highest BCUT2D eigenvalue weighted by molar-refractivity contribution is 5.53. The smallest absolute Gasteiger partial charge is 0.320 e. The minimum absolute atomic E-state index is 0.0303. The number of aryl methyl sites for hydroxylation is 1. The van der Waals surface area contributed by atoms with E-state index in [2.05, 4.69) is 10.1 Å². The van der Waals surface area contributed by atoms with Crippen LogP contribution in [0.1, 0.15) is 11.5 Å². The normalized spacial score (nSPS) is 10.9. The fourth-order valence-electron chi connectivity index (χ4n) is 2.83. The Bertz CT molecular complexity index is 1210. The molecule has 134 valence electrons. The highest BCUT2D eigenvalue weighted by Crippen LogP contribution is 2.15. The Kier molecular flexibility index (Phi) is 4.25. The van der Waals surface area contributed by atoms with Gasteiger partial charge in [0.1, 0.15) is 6.54 Å². The topological polar surface area (TPSA) is 82.9 Å². The van der Waals surface area contributed by atoms with Crippen LogP contribution in [0.15, 0.2) is 81.1 Å². The predicted octanol–water partition coefficient (Wildman–Crippen LogP) is 2.41. The van der Waals surface area contributed by atoms with Crippen LogP contribution >= 0.6 is 0 Å². The van der Waals surface area contributed by atoms with Gasteiger partial charge in [-0.15, -0.1) is 0 Å². The van der Waals surface area contributed by atoms with Crippen molar-refractivity contribution >= 4 is 0 Å². The molecule has 0 N–H and O–H groups in total. The van der Waals surface area contributed by atoms with E-state index in [1.165, 1.54) is 9.13 Å². The van der Waals surface area contributed by atoms with Crippen LogP contribution in [0, 0.1) is 6.92 Å². The summed E-state index contributed by atoms with van der Waals surface area (Å²) < 4.78 is 7.83. The van der Waals surface area contributed by atoms with E-state index in [-0.39, 0.29) is 12.4 Å². The number of benzene rings is 2. The Labute approximate surface area is 154 Å². The highest BCUT2D eigenvalue weighted by atomic mass is 16.5. The van der Waals surface area contributed by atoms with Gasteiger partial charge < -0.3 is 4.52 Å². The first-order valence-electron chi connectivity index (χ1n) is 8.39. The molecule has 0 saturated carbocycles. The molecule has 0 fully saturated rings. The zero-order valence-electron chi connectivity index (χ0n) is 14.6. The average molecular weight is 360 g/mol. The summed E-state index contributed by atoms with van der Waals surface area (Å²) in [5.74, 6) is 0.691. The summed E-state index contributed by atoms with van der Waals surface area (Å²) in [5, 5.41) is 3.93. The molecule has 0 aliphatic carbocycles. The Morgan fingerprint density at radius 2 is 1.67 bits per heavy atom. The fourth-order valence-corrected chi connectivity index (χ4v) is 2.83. The molecular weight excluding hydrogens is 344 g/mol. The lowest BCUT2D eigenvalue weighted by Gasteiger charge is -2.09. The number of hydrogen-bond donors (Lipinski definition) is 0. The van der Waals surface area contributed by atoms with Crippen LogP contribution in [0.4, 0.5) is 0 Å². The van der Waals surface area contributed by atoms with Crippen molar-refractivity contribution in [2.24, 2.45) is 0 Å². The van der Waals surface area contributed by atoms with Crippen LogP contribution in [0.5, 0.6) is 0 Å². The van der Waals surface area contributed by atoms with Crippen molar-refractivity contribution in [1.82, 2.24) is 19.3 Å². The molecule has 0 bridgehead atoms. The average Bonchev–Trinajstić information content (AvgIpc) is 3.16. The van der Waals surface area contributed by atoms with E-state index >= 15 is 0 Å². The molecule has 0 aliphatic heterocycles. The van der Waals surface area contributed by atoms with Gasteiger partial charge in [-0.05, 0) is 18.6 Å². The standard InChI is InChI=1S/C20H16N4O3/c1-14-7-5-6-10-16(14)24-12-11-23(19(25)20(24)26)13-17-21-18(22-27-17)15-8-3-2-4-9-15/h2-12H,13H2,1H3. The predicted molar refractivity (Wildman–Crippen MR) is 99.9 cm³/mol. The van der Waals surface area contributed by atoms with Crippen LogP contribution in [0.2, 0.25) is 0 Å². The van der Waals surface area contributed by atoms with Gasteiger partial charge >= 0.3 is 11.1 Å². The summed E-state index contributed by atoms with van der Waals surface area (Å²) in [6.07, 6.45) is 3.11. The quantitative estimate of drug-likeness (QED) is 0.522. The van der Waals surface area contributed by atoms with Crippen LogP contribution in [0.25, 0.3) is 17.1 Å². The van der Waals surface area contributed by atoms with E-state index in [1.807, 2.05) is 55.5 Å². The number of para-hydroxylation sites is 1. The Morgan fingerprint density at radius 1 is 0.926 bits per heavy atom. The van der Waals surface area contributed by atoms with E-state index in [0.29, 0.717) is 11.5 Å². The van der Waals surface area contributed by atoms with E-state index in [4.69, 9.17) is 4.52 Å². The van der Waals surface area contributed by atoms with Crippen molar-refractivity contribution < 1.29 is 4.52 Å². The minimum atomic E-state index is -0.653. The molecular formula is C20H16N4O3. The number of rotatable bonds is 4. The van der Waals surface area contributed by atoms with Gasteiger partial charge in [-0.25, -0.2) is 0 Å². The molecule has 0 saturated heterocycles. The van der Waals surface area contributed by atoms with Gasteiger partial charge in [0, 0.05) is 18.0 Å². The van der Waals surface area contributed by atoms with Crippen molar-refractivity contribution in [1.29, 1.82) is 0 Å². The zero-order chi connectivity index (χ0) is 18.8. The highest BCUT2D eigenvalue weighted by Gasteiger charge is 2.12. The van der Waals surface area contributed by atoms with Crippen LogP contribution in [-0.2, 0) is 6.54 Å². The van der Waals surface area contributed by atoms with E-state index < -0.39 is 11.1 Å². The molecule has 2 aromatic heterocycles. The molecule has 7 nitrogen and oxygen atoms in total. The summed E-state index contributed by atoms with van der Waals surface area (Å²) in [6, 6.07) is 16.8. The number of aromatic nitrogens is 4. The van der Waals surface area contributed by atoms with Crippen LogP contribution in [0.3, 0.4) is 0 Å². The Hall–Kier alpha value is -3.74. The second kappa shape index (κ2) is 6.87. The molecule has 0 unspecified atom stereocenters. The lowest BCUT2D eigenvalue weighted by molar-refractivity contribution is 0.369. The van der Waals surface area contributed by atoms with Crippen molar-refractivity contribution in [2.45, 2.75) is 13.5 Å². The lowest BCUT2D eigenvalue weighted by atomic mass is 10.2. The summed E-state index contributed by atoms with van der Waals surface area (Å²) in [5.41, 5.74) is 1.11. The molecule has 4 aromatic rings. The third-order valence-electron chi connectivity index (χ3n) is 4.24. The SMILES string of the molecule is Cc1ccccc1-n1ccn(Cc2nc(-c3ccccc3)no2)c(=O)c1=O. The maximum Gasteiger partial charge on any atom is 0.320 e. The third-order valence-corrected chi connectivity index (χ3v) is 4.24. The van der Waals surface area contributed by atoms with E-state index in [1.54, 1.807) is 18.5 Å². The molecule has 4 rings (SSSR count). The Morgan fingerprint density at radius 3 is 2.44 bits per heavy atom. The molecule has 0 amide bonds. The molecule has 2 aromatic carbocycles. The second-order valence-corrected chi connectivity index (χ2v) is 6.07. The van der Waals surface area contributed by atoms with Gasteiger partial charge in [0.15, 0.2) is 0 Å². The number of hydrogen-bond acceptors (Lipinski definition) is 5. The van der Waals surface area contributed by atoms with Gasteiger partial charge in [-0.3, -0.25) is 18.7 Å². The molecule has 2 heterocycles. The fraction of sp³-hybridized carbons (Fsp3) is 0.100. The lowest BCUT2D eigenvalue weighted by Crippen LogP contribution is -2.40. The first kappa shape index (κ1) is 16.7. The van der Waals surface area contributed by atoms with Crippen LogP contribution in [-0.4, -0.2) is 19.3 Å². The van der Waals surface area contributed by atoms with Gasteiger partial charge in [-0.2, -0.15) is 4.98 Å². The first-order valence-corrected chi connectivity index (χ1v) is 8.39. The summed E-state index contributed by atoms with van der Waals surface area (Å²) in [7, 11) is 0. The summed E-state index contributed by atoms with van der Waals surface area (Å²) >= 11 is 0. The van der Waals surface area contributed by atoms with Crippen molar-refractivity contribution in [2.75, 3.05) is 0 Å². The molecule has 0 radical (unpaired) electrons. The third kappa shape index (κ3) is 3.22. The van der Waals surface area contributed by atoms with Gasteiger partial charge in [0.25, 0.3) is 0 Å². The molecule has 27 heavy (non-hydrogen) atoms. The summed E-state index contributed by atoms with van der Waals surface area (Å²) in [4.78, 5) is 29.3. The monoisotopic (exact) mass is 360 g/mol. The first-order chi connectivity index (χ1) is 13.1. The van der Waals surface area contributed by atoms with E-state index in [9.17, 15) is 9.59 Å². The molecule has 7 heteroatoms. The maximum atomic E-state index is 12.5. The zero-order valence-corrected chi connectivity index (χ0v) is 14.6. The van der Waals surface area contributed by atoms with Gasteiger partial charge in [0.05, 0.1) is 5.69 Å². The molecule has 0 aliphatic rings. The number of nitrogens with zero attached hydrogens (tertiary/aromatic N) is 4. The molecule has 0 spiro atoms. The largest absolute Gasteiger partial charge is 0.337 e. The minimum Gasteiger partial charge on any atom is -0.337 e. The van der Waals surface area contributed by atoms with Crippen molar-refractivity contribution in [3.8, 4) is 17.1 Å². The summed E-state index contributed by atoms with van der Waals surface area (Å²) in [6.45, 7) is 1.92. The van der Waals surface area contributed by atoms with Crippen molar-refractivity contribution in [3.05, 3.63) is 99.2 Å². The van der Waals surface area contributed by atoms with E-state index in [0.717, 1.165) is 11.1 Å². The van der Waals surface area contributed by atoms with Crippen LogP contribution < -0.4 is 11.1 Å². The Balaban J connectivity index is 1.66. The van der Waals surface area contributed by atoms with Gasteiger partial charge in [0.2, 0.25) is 11.7 Å². The molecule has 0 atom stereocenters. The maximum absolute atomic E-state index is 12.5. The van der Waals surface area contributed by atoms with Crippen molar-refractivity contribution in [3.63, 3.8) is 0 Å². The second-order valence-electron chi connectivity index (χ2n) is 6.07.